The number of piperidine rings is 1. The molecule has 1 aliphatic heterocycles. The number of nitrogens with one attached hydrogen (secondary N) is 1. The van der Waals surface area contributed by atoms with Crippen LogP contribution in [0.5, 0.6) is 11.5 Å². The van der Waals surface area contributed by atoms with E-state index in [0.717, 1.165) is 77.3 Å². The van der Waals surface area contributed by atoms with Crippen LogP contribution in [0.3, 0.4) is 0 Å². The molecular weight excluding hydrogens is 512 g/mol. The third-order valence-corrected chi connectivity index (χ3v) is 7.78. The zero-order valence-corrected chi connectivity index (χ0v) is 23.5. The Bertz CT molecular complexity index is 1380. The Morgan fingerprint density at radius 2 is 1.67 bits per heavy atom. The van der Waals surface area contributed by atoms with E-state index in [1.165, 1.54) is 32.1 Å². The summed E-state index contributed by atoms with van der Waals surface area (Å²) in [5, 5.41) is 8.06. The molecule has 1 N–H and O–H groups in total. The quantitative estimate of drug-likeness (QED) is 0.265. The average molecular weight is 549 g/mol. The lowest BCUT2D eigenvalue weighted by Gasteiger charge is -2.26. The van der Waals surface area contributed by atoms with Crippen molar-refractivity contribution in [3.05, 3.63) is 55.0 Å². The maximum atomic E-state index is 5.55. The third-order valence-electron chi connectivity index (χ3n) is 7.78. The Hall–Kier alpha value is -3.36. The van der Waals surface area contributed by atoms with E-state index < -0.39 is 0 Å². The van der Waals surface area contributed by atoms with E-state index in [0.29, 0.717) is 5.92 Å². The number of halogens is 1. The average Bonchev–Trinajstić information content (AvgIpc) is 3.68. The minimum Gasteiger partial charge on any atom is -0.497 e. The van der Waals surface area contributed by atoms with Gasteiger partial charge in [-0.1, -0.05) is 0 Å². The summed E-state index contributed by atoms with van der Waals surface area (Å²) < 4.78 is 13.2. The monoisotopic (exact) mass is 548 g/mol. The van der Waals surface area contributed by atoms with Crippen molar-refractivity contribution in [1.29, 1.82) is 0 Å². The van der Waals surface area contributed by atoms with Gasteiger partial charge < -0.3 is 19.7 Å². The van der Waals surface area contributed by atoms with Gasteiger partial charge in [-0.3, -0.25) is 9.67 Å². The topological polar surface area (TPSA) is 77.3 Å². The van der Waals surface area contributed by atoms with E-state index in [9.17, 15) is 0 Å². The van der Waals surface area contributed by atoms with Crippen molar-refractivity contribution < 1.29 is 9.47 Å². The van der Waals surface area contributed by atoms with Crippen molar-refractivity contribution in [1.82, 2.24) is 25.1 Å². The second-order valence-electron chi connectivity index (χ2n) is 10.5. The van der Waals surface area contributed by atoms with Crippen molar-refractivity contribution >= 4 is 34.8 Å². The van der Waals surface area contributed by atoms with Crippen LogP contribution in [-0.4, -0.2) is 53.6 Å². The van der Waals surface area contributed by atoms with Gasteiger partial charge in [0.2, 0.25) is 0 Å². The maximum absolute atomic E-state index is 5.55. The Labute approximate surface area is 236 Å². The van der Waals surface area contributed by atoms with Gasteiger partial charge in [0.05, 0.1) is 43.3 Å². The van der Waals surface area contributed by atoms with E-state index in [4.69, 9.17) is 19.4 Å². The molecule has 0 amide bonds. The Morgan fingerprint density at radius 3 is 2.38 bits per heavy atom. The molecule has 9 heteroatoms. The highest BCUT2D eigenvalue weighted by Crippen LogP contribution is 2.38. The number of ether oxygens (including phenoxy) is 2. The molecule has 1 saturated carbocycles. The number of methoxy groups -OCH3 is 2. The molecule has 0 atom stereocenters. The fourth-order valence-corrected chi connectivity index (χ4v) is 5.28. The third kappa shape index (κ3) is 6.45. The summed E-state index contributed by atoms with van der Waals surface area (Å²) in [6.07, 6.45) is 12.1. The van der Waals surface area contributed by atoms with Gasteiger partial charge in [0.25, 0.3) is 0 Å². The SMILES string of the molecule is COc1cc(OC)cc(N(CC2CC2)c2ccc3ncc(-c4cnn(CCC5CCNCC5)c4)nc3c2)c1.Cl. The highest BCUT2D eigenvalue weighted by Gasteiger charge is 2.26. The second-order valence-corrected chi connectivity index (χ2v) is 10.5. The minimum absolute atomic E-state index is 0. The van der Waals surface area contributed by atoms with Crippen molar-refractivity contribution in [2.45, 2.75) is 38.6 Å². The highest BCUT2D eigenvalue weighted by atomic mass is 35.5. The largest absolute Gasteiger partial charge is 0.497 e. The maximum Gasteiger partial charge on any atom is 0.124 e. The number of aromatic nitrogens is 4. The Balaban J connectivity index is 0.00000308. The fourth-order valence-electron chi connectivity index (χ4n) is 5.28. The van der Waals surface area contributed by atoms with E-state index >= 15 is 0 Å². The molecule has 0 bridgehead atoms. The predicted molar refractivity (Wildman–Crippen MR) is 157 cm³/mol. The molecule has 0 radical (unpaired) electrons. The van der Waals surface area contributed by atoms with Crippen LogP contribution >= 0.6 is 12.4 Å². The van der Waals surface area contributed by atoms with Gasteiger partial charge in [0, 0.05) is 54.4 Å². The van der Waals surface area contributed by atoms with Crippen LogP contribution in [0.1, 0.15) is 32.1 Å². The summed E-state index contributed by atoms with van der Waals surface area (Å²) in [7, 11) is 3.37. The van der Waals surface area contributed by atoms with E-state index in [-0.39, 0.29) is 12.4 Å². The molecule has 206 valence electrons. The van der Waals surface area contributed by atoms with Crippen molar-refractivity contribution in [2.24, 2.45) is 11.8 Å². The second kappa shape index (κ2) is 12.2. The molecule has 1 saturated heterocycles. The minimum atomic E-state index is 0. The predicted octanol–water partition coefficient (Wildman–Crippen LogP) is 5.87. The number of hydrogen-bond acceptors (Lipinski definition) is 7. The summed E-state index contributed by atoms with van der Waals surface area (Å²) in [6.45, 7) is 4.15. The number of anilines is 2. The van der Waals surface area contributed by atoms with Gasteiger partial charge in [-0.15, -0.1) is 12.4 Å². The number of rotatable bonds is 10. The van der Waals surface area contributed by atoms with Crippen molar-refractivity contribution in [3.8, 4) is 22.8 Å². The van der Waals surface area contributed by atoms with Crippen LogP contribution in [0.25, 0.3) is 22.3 Å². The van der Waals surface area contributed by atoms with Crippen LogP contribution in [0.15, 0.2) is 55.0 Å². The standard InChI is InChI=1S/C30H36N6O2.ClH/c1-37-26-13-25(14-27(16-26)38-2)36(19-22-3-4-22)24-5-6-28-29(15-24)34-30(18-32-28)23-17-33-35(20-23)12-9-21-7-10-31-11-8-21;/h5-6,13-18,20-22,31H,3-4,7-12,19H2,1-2H3;1H. The van der Waals surface area contributed by atoms with Gasteiger partial charge >= 0.3 is 0 Å². The van der Waals surface area contributed by atoms with Gasteiger partial charge in [0.15, 0.2) is 0 Å². The zero-order chi connectivity index (χ0) is 25.9. The molecule has 2 aliphatic rings. The molecule has 1 aliphatic carbocycles. The van der Waals surface area contributed by atoms with Crippen LogP contribution < -0.4 is 19.7 Å². The normalized spacial score (nSPS) is 15.6. The first-order chi connectivity index (χ1) is 18.7. The van der Waals surface area contributed by atoms with Crippen LogP contribution in [-0.2, 0) is 6.54 Å². The first-order valence-corrected chi connectivity index (χ1v) is 13.7. The molecule has 3 heterocycles. The van der Waals surface area contributed by atoms with Crippen molar-refractivity contribution in [2.75, 3.05) is 38.8 Å². The summed E-state index contributed by atoms with van der Waals surface area (Å²) in [5.41, 5.74) is 5.74. The van der Waals surface area contributed by atoms with Gasteiger partial charge in [-0.25, -0.2) is 4.98 Å². The highest BCUT2D eigenvalue weighted by molar-refractivity contribution is 5.85. The molecule has 0 unspecified atom stereocenters. The Morgan fingerprint density at radius 1 is 0.897 bits per heavy atom. The van der Waals surface area contributed by atoms with E-state index in [1.807, 2.05) is 23.1 Å². The zero-order valence-electron chi connectivity index (χ0n) is 22.7. The number of aryl methyl sites for hydroxylation is 1. The van der Waals surface area contributed by atoms with Gasteiger partial charge in [0.1, 0.15) is 11.5 Å². The fraction of sp³-hybridized carbons (Fsp3) is 0.433. The molecule has 8 nitrogen and oxygen atoms in total. The first kappa shape index (κ1) is 27.2. The smallest absolute Gasteiger partial charge is 0.124 e. The molecule has 6 rings (SSSR count). The summed E-state index contributed by atoms with van der Waals surface area (Å²) in [4.78, 5) is 12.1. The first-order valence-electron chi connectivity index (χ1n) is 13.7. The molecule has 0 spiro atoms. The number of benzene rings is 2. The summed E-state index contributed by atoms with van der Waals surface area (Å²) in [5.74, 6) is 3.03. The number of hydrogen-bond donors (Lipinski definition) is 1. The number of fused-ring (bicyclic) bond motifs is 1. The Kier molecular flexibility index (Phi) is 8.53. The lowest BCUT2D eigenvalue weighted by molar-refractivity contribution is 0.332. The van der Waals surface area contributed by atoms with Crippen LogP contribution in [0.2, 0.25) is 0 Å². The molecular formula is C30H37ClN6O2. The lowest BCUT2D eigenvalue weighted by Crippen LogP contribution is -2.28. The van der Waals surface area contributed by atoms with E-state index in [1.54, 1.807) is 14.2 Å². The van der Waals surface area contributed by atoms with Gasteiger partial charge in [-0.05, 0) is 75.2 Å². The van der Waals surface area contributed by atoms with Crippen molar-refractivity contribution in [3.63, 3.8) is 0 Å². The molecule has 2 aromatic carbocycles. The summed E-state index contributed by atoms with van der Waals surface area (Å²) >= 11 is 0. The molecule has 2 fully saturated rings. The van der Waals surface area contributed by atoms with Crippen LogP contribution in [0, 0.1) is 11.8 Å². The summed E-state index contributed by atoms with van der Waals surface area (Å²) in [6, 6.07) is 12.4. The molecule has 4 aromatic rings. The number of nitrogens with zero attached hydrogens (tertiary/aromatic N) is 5. The van der Waals surface area contributed by atoms with Gasteiger partial charge in [-0.2, -0.15) is 5.10 Å². The van der Waals surface area contributed by atoms with E-state index in [2.05, 4.69) is 51.8 Å². The lowest BCUT2D eigenvalue weighted by atomic mass is 9.95. The molecule has 39 heavy (non-hydrogen) atoms. The molecule has 2 aromatic heterocycles. The van der Waals surface area contributed by atoms with Crippen LogP contribution in [0.4, 0.5) is 11.4 Å².